The molecule has 21 heavy (non-hydrogen) atoms. The smallest absolute Gasteiger partial charge is 0.254 e. The van der Waals surface area contributed by atoms with Crippen molar-refractivity contribution in [3.05, 3.63) is 61.2 Å². The molecule has 0 saturated heterocycles. The molecule has 0 radical (unpaired) electrons. The van der Waals surface area contributed by atoms with Gasteiger partial charge in [-0.25, -0.2) is 4.98 Å². The van der Waals surface area contributed by atoms with E-state index in [-0.39, 0.29) is 5.56 Å². The second-order valence-corrected chi connectivity index (χ2v) is 6.25. The van der Waals surface area contributed by atoms with Gasteiger partial charge in [-0.05, 0) is 43.4 Å². The fourth-order valence-corrected chi connectivity index (χ4v) is 3.24. The van der Waals surface area contributed by atoms with Gasteiger partial charge < -0.3 is 4.98 Å². The predicted molar refractivity (Wildman–Crippen MR) is 85.4 cm³/mol. The van der Waals surface area contributed by atoms with Gasteiger partial charge in [-0.1, -0.05) is 35.7 Å². The number of benzene rings is 1. The molecule has 2 aromatic rings. The Kier molecular flexibility index (Phi) is 4.32. The lowest BCUT2D eigenvalue weighted by Gasteiger charge is -2.08. The number of aromatic amines is 1. The Labute approximate surface area is 133 Å². The molecule has 0 aliphatic heterocycles. The van der Waals surface area contributed by atoms with Crippen molar-refractivity contribution in [3.63, 3.8) is 0 Å². The van der Waals surface area contributed by atoms with Crippen molar-refractivity contribution >= 4 is 23.2 Å². The monoisotopic (exact) mass is 322 g/mol. The topological polar surface area (TPSA) is 45.8 Å². The third kappa shape index (κ3) is 3.30. The molecule has 0 bridgehead atoms. The molecule has 3 nitrogen and oxygen atoms in total. The van der Waals surface area contributed by atoms with Crippen LogP contribution < -0.4 is 5.56 Å². The third-order valence-electron chi connectivity index (χ3n) is 3.86. The van der Waals surface area contributed by atoms with Gasteiger partial charge in [0.1, 0.15) is 5.82 Å². The number of rotatable bonds is 2. The lowest BCUT2D eigenvalue weighted by molar-refractivity contribution is 0.708. The van der Waals surface area contributed by atoms with Gasteiger partial charge in [0, 0.05) is 22.0 Å². The summed E-state index contributed by atoms with van der Waals surface area (Å²) in [5.41, 5.74) is 2.73. The van der Waals surface area contributed by atoms with Crippen molar-refractivity contribution in [2.24, 2.45) is 0 Å². The zero-order valence-corrected chi connectivity index (χ0v) is 13.1. The normalized spacial score (nSPS) is 14.6. The van der Waals surface area contributed by atoms with Crippen molar-refractivity contribution in [3.8, 4) is 0 Å². The number of fused-ring (bicyclic) bond motifs is 1. The van der Waals surface area contributed by atoms with Crippen LogP contribution in [0.3, 0.4) is 0 Å². The first-order valence-corrected chi connectivity index (χ1v) is 7.94. The van der Waals surface area contributed by atoms with E-state index in [1.54, 1.807) is 12.1 Å². The van der Waals surface area contributed by atoms with Crippen LogP contribution in [-0.2, 0) is 19.3 Å². The highest BCUT2D eigenvalue weighted by Gasteiger charge is 2.15. The Morgan fingerprint density at radius 3 is 2.76 bits per heavy atom. The molecule has 0 atom stereocenters. The molecule has 1 aliphatic rings. The van der Waals surface area contributed by atoms with Crippen LogP contribution in [-0.4, -0.2) is 9.97 Å². The molecule has 0 fully saturated rings. The molecule has 110 valence electrons. The maximum absolute atomic E-state index is 12.2. The molecule has 5 heteroatoms. The van der Waals surface area contributed by atoms with Gasteiger partial charge in [-0.2, -0.15) is 0 Å². The minimum atomic E-state index is 0.00184. The van der Waals surface area contributed by atoms with Crippen LogP contribution in [0.1, 0.15) is 41.9 Å². The molecule has 1 aliphatic carbocycles. The number of hydrogen-bond donors (Lipinski definition) is 1. The molecule has 1 N–H and O–H groups in total. The van der Waals surface area contributed by atoms with E-state index in [1.165, 1.54) is 0 Å². The highest BCUT2D eigenvalue weighted by molar-refractivity contribution is 6.35. The molecule has 0 spiro atoms. The maximum atomic E-state index is 12.2. The molecular weight excluding hydrogens is 307 g/mol. The van der Waals surface area contributed by atoms with Crippen LogP contribution in [0.2, 0.25) is 10.0 Å². The minimum Gasteiger partial charge on any atom is -0.310 e. The van der Waals surface area contributed by atoms with Gasteiger partial charge in [0.2, 0.25) is 0 Å². The Morgan fingerprint density at radius 2 is 1.95 bits per heavy atom. The standard InChI is InChI=1S/C16H16Cl2N2O/c17-11-7-6-10(13(18)9-11)8-15-19-14-5-3-1-2-4-12(14)16(21)20-15/h6-7,9H,1-5,8H2,(H,19,20,21). The van der Waals surface area contributed by atoms with Crippen LogP contribution in [0.5, 0.6) is 0 Å². The lowest BCUT2D eigenvalue weighted by atomic mass is 10.1. The molecule has 1 heterocycles. The van der Waals surface area contributed by atoms with Crippen molar-refractivity contribution in [2.75, 3.05) is 0 Å². The number of aryl methyl sites for hydroxylation is 1. The summed E-state index contributed by atoms with van der Waals surface area (Å²) >= 11 is 12.1. The first kappa shape index (κ1) is 14.6. The van der Waals surface area contributed by atoms with E-state index < -0.39 is 0 Å². The second kappa shape index (κ2) is 6.20. The fourth-order valence-electron chi connectivity index (χ4n) is 2.76. The molecular formula is C16H16Cl2N2O. The van der Waals surface area contributed by atoms with Gasteiger partial charge in [0.05, 0.1) is 5.69 Å². The van der Waals surface area contributed by atoms with E-state index in [2.05, 4.69) is 9.97 Å². The number of H-pyrrole nitrogens is 1. The van der Waals surface area contributed by atoms with E-state index in [9.17, 15) is 4.79 Å². The molecule has 3 rings (SSSR count). The Balaban J connectivity index is 1.94. The molecule has 0 amide bonds. The van der Waals surface area contributed by atoms with Gasteiger partial charge in [-0.3, -0.25) is 4.79 Å². The quantitative estimate of drug-likeness (QED) is 0.851. The average Bonchev–Trinajstić information content (AvgIpc) is 2.68. The second-order valence-electron chi connectivity index (χ2n) is 5.41. The molecule has 0 unspecified atom stereocenters. The van der Waals surface area contributed by atoms with Crippen molar-refractivity contribution in [1.29, 1.82) is 0 Å². The summed E-state index contributed by atoms with van der Waals surface area (Å²) < 4.78 is 0. The van der Waals surface area contributed by atoms with Crippen molar-refractivity contribution in [1.82, 2.24) is 9.97 Å². The largest absolute Gasteiger partial charge is 0.310 e. The summed E-state index contributed by atoms with van der Waals surface area (Å²) in [6, 6.07) is 5.38. The zero-order valence-electron chi connectivity index (χ0n) is 11.6. The van der Waals surface area contributed by atoms with Crippen molar-refractivity contribution in [2.45, 2.75) is 38.5 Å². The fraction of sp³-hybridized carbons (Fsp3) is 0.375. The first-order chi connectivity index (χ1) is 10.1. The maximum Gasteiger partial charge on any atom is 0.254 e. The van der Waals surface area contributed by atoms with Crippen molar-refractivity contribution < 1.29 is 0 Å². The van der Waals surface area contributed by atoms with Gasteiger partial charge in [0.25, 0.3) is 5.56 Å². The lowest BCUT2D eigenvalue weighted by Crippen LogP contribution is -2.20. The zero-order chi connectivity index (χ0) is 14.8. The van der Waals surface area contributed by atoms with Crippen LogP contribution in [0, 0.1) is 0 Å². The van der Waals surface area contributed by atoms with E-state index >= 15 is 0 Å². The highest BCUT2D eigenvalue weighted by atomic mass is 35.5. The highest BCUT2D eigenvalue weighted by Crippen LogP contribution is 2.23. The Hall–Kier alpha value is -1.32. The summed E-state index contributed by atoms with van der Waals surface area (Å²) in [5.74, 6) is 0.671. The van der Waals surface area contributed by atoms with Gasteiger partial charge in [-0.15, -0.1) is 0 Å². The average molecular weight is 323 g/mol. The van der Waals surface area contributed by atoms with Gasteiger partial charge in [0.15, 0.2) is 0 Å². The number of nitrogens with zero attached hydrogens (tertiary/aromatic N) is 1. The number of aromatic nitrogens is 2. The molecule has 1 aromatic carbocycles. The number of halogens is 2. The first-order valence-electron chi connectivity index (χ1n) is 7.18. The summed E-state index contributed by atoms with van der Waals surface area (Å²) in [6.45, 7) is 0. The Morgan fingerprint density at radius 1 is 1.14 bits per heavy atom. The summed E-state index contributed by atoms with van der Waals surface area (Å²) in [7, 11) is 0. The molecule has 1 aromatic heterocycles. The minimum absolute atomic E-state index is 0.00184. The Bertz CT molecular complexity index is 725. The van der Waals surface area contributed by atoms with Crippen LogP contribution >= 0.6 is 23.2 Å². The SMILES string of the molecule is O=c1[nH]c(Cc2ccc(Cl)cc2Cl)nc2c1CCCCC2. The number of nitrogens with one attached hydrogen (secondary N) is 1. The summed E-state index contributed by atoms with van der Waals surface area (Å²) in [4.78, 5) is 19.8. The number of hydrogen-bond acceptors (Lipinski definition) is 2. The van der Waals surface area contributed by atoms with E-state index in [0.717, 1.165) is 48.9 Å². The molecule has 0 saturated carbocycles. The van der Waals surface area contributed by atoms with Crippen LogP contribution in [0.4, 0.5) is 0 Å². The van der Waals surface area contributed by atoms with E-state index in [4.69, 9.17) is 23.2 Å². The van der Waals surface area contributed by atoms with E-state index in [1.807, 2.05) is 6.07 Å². The summed E-state index contributed by atoms with van der Waals surface area (Å²) in [6.07, 6.45) is 5.57. The van der Waals surface area contributed by atoms with E-state index in [0.29, 0.717) is 22.3 Å². The summed E-state index contributed by atoms with van der Waals surface area (Å²) in [5, 5.41) is 1.20. The van der Waals surface area contributed by atoms with Crippen LogP contribution in [0.15, 0.2) is 23.0 Å². The predicted octanol–water partition coefficient (Wildman–Crippen LogP) is 3.94. The third-order valence-corrected chi connectivity index (χ3v) is 4.45. The van der Waals surface area contributed by atoms with Crippen LogP contribution in [0.25, 0.3) is 0 Å². The van der Waals surface area contributed by atoms with Gasteiger partial charge >= 0.3 is 0 Å².